The van der Waals surface area contributed by atoms with Crippen LogP contribution in [0.2, 0.25) is 0 Å². The van der Waals surface area contributed by atoms with E-state index in [2.05, 4.69) is 4.98 Å². The zero-order valence-corrected chi connectivity index (χ0v) is 21.6. The molecule has 0 spiro atoms. The maximum Gasteiger partial charge on any atom is 0.312 e. The van der Waals surface area contributed by atoms with Gasteiger partial charge in [0.05, 0.1) is 23.9 Å². The molecule has 2 aromatic heterocycles. The highest BCUT2D eigenvalue weighted by Gasteiger charge is 2.43. The number of carbonyl (C=O) groups is 2. The SMILES string of the molecule is O=C(Cc1cn2ccsc2n1)OCC(=O)N1N=C2/C(=C\c3ccc(F)cc3)CCC[C@H]2[C@H]1c1ccc(F)cc1. The van der Waals surface area contributed by atoms with Crippen LogP contribution in [0.25, 0.3) is 11.0 Å². The van der Waals surface area contributed by atoms with Crippen molar-refractivity contribution in [3.05, 3.63) is 100 Å². The second kappa shape index (κ2) is 10.5. The minimum absolute atomic E-state index is 0.0508. The number of carbonyl (C=O) groups excluding carboxylic acids is 2. The second-order valence-corrected chi connectivity index (χ2v) is 10.5. The summed E-state index contributed by atoms with van der Waals surface area (Å²) in [6, 6.07) is 11.8. The molecule has 1 saturated carbocycles. The first-order valence-corrected chi connectivity index (χ1v) is 13.5. The number of nitrogens with zero attached hydrogens (tertiary/aromatic N) is 4. The van der Waals surface area contributed by atoms with Gasteiger partial charge in [0.2, 0.25) is 0 Å². The molecule has 6 rings (SSSR count). The first-order chi connectivity index (χ1) is 18.9. The number of hydrogen-bond donors (Lipinski definition) is 0. The molecule has 1 fully saturated rings. The van der Waals surface area contributed by atoms with Crippen molar-refractivity contribution in [3.8, 4) is 0 Å². The average Bonchev–Trinajstić information content (AvgIpc) is 3.63. The lowest BCUT2D eigenvalue weighted by molar-refractivity contribution is -0.152. The molecule has 2 atom stereocenters. The van der Waals surface area contributed by atoms with Gasteiger partial charge in [0.25, 0.3) is 5.91 Å². The van der Waals surface area contributed by atoms with Gasteiger partial charge in [-0.3, -0.25) is 14.0 Å². The largest absolute Gasteiger partial charge is 0.455 e. The van der Waals surface area contributed by atoms with Gasteiger partial charge >= 0.3 is 5.97 Å². The summed E-state index contributed by atoms with van der Waals surface area (Å²) >= 11 is 1.46. The van der Waals surface area contributed by atoms with Gasteiger partial charge in [0.15, 0.2) is 11.6 Å². The Bertz CT molecular complexity index is 1560. The standard InChI is InChI=1S/C29H24F2N4O3S/c30-21-8-4-18(5-9-21)14-20-2-1-3-24-27(20)33-35(28(24)19-6-10-22(31)11-7-19)25(36)17-38-26(37)15-23-16-34-12-13-39-29(34)32-23/h4-14,16,24,28H,1-3,15,17H2/b20-14-/t24-,28-/m1/s1. The summed E-state index contributed by atoms with van der Waals surface area (Å²) in [5.41, 5.74) is 3.90. The van der Waals surface area contributed by atoms with Crippen LogP contribution in [0.5, 0.6) is 0 Å². The Hall–Kier alpha value is -4.18. The lowest BCUT2D eigenvalue weighted by Gasteiger charge is -2.29. The number of halogens is 2. The van der Waals surface area contributed by atoms with Gasteiger partial charge in [-0.25, -0.2) is 18.8 Å². The van der Waals surface area contributed by atoms with Crippen molar-refractivity contribution in [1.82, 2.24) is 14.4 Å². The molecule has 198 valence electrons. The monoisotopic (exact) mass is 546 g/mol. The molecular weight excluding hydrogens is 522 g/mol. The van der Waals surface area contributed by atoms with Gasteiger partial charge in [0, 0.05) is 23.7 Å². The normalized spacial score (nSPS) is 19.8. The summed E-state index contributed by atoms with van der Waals surface area (Å²) in [7, 11) is 0. The molecule has 10 heteroatoms. The third kappa shape index (κ3) is 5.24. The molecule has 0 bridgehead atoms. The molecule has 3 heterocycles. The summed E-state index contributed by atoms with van der Waals surface area (Å²) in [5, 5.41) is 8.00. The van der Waals surface area contributed by atoms with E-state index in [0.717, 1.165) is 46.6 Å². The fraction of sp³-hybridized carbons (Fsp3) is 0.241. The number of imidazole rings is 1. The average molecular weight is 547 g/mol. The minimum Gasteiger partial charge on any atom is -0.455 e. The summed E-state index contributed by atoms with van der Waals surface area (Å²) < 4.78 is 34.3. The van der Waals surface area contributed by atoms with Crippen LogP contribution in [-0.4, -0.2) is 38.6 Å². The maximum absolute atomic E-state index is 13.7. The minimum atomic E-state index is -0.561. The van der Waals surface area contributed by atoms with Crippen molar-refractivity contribution in [2.45, 2.75) is 31.7 Å². The highest BCUT2D eigenvalue weighted by atomic mass is 32.1. The van der Waals surface area contributed by atoms with E-state index in [1.54, 1.807) is 30.5 Å². The topological polar surface area (TPSA) is 76.3 Å². The second-order valence-electron chi connectivity index (χ2n) is 9.60. The molecule has 4 aromatic rings. The van der Waals surface area contributed by atoms with Crippen molar-refractivity contribution in [2.24, 2.45) is 11.0 Å². The molecule has 0 unspecified atom stereocenters. The van der Waals surface area contributed by atoms with Crippen molar-refractivity contribution >= 4 is 40.0 Å². The molecular formula is C29H24F2N4O3S. The summed E-state index contributed by atoms with van der Waals surface area (Å²) in [4.78, 5) is 31.0. The van der Waals surface area contributed by atoms with E-state index in [1.165, 1.54) is 40.6 Å². The van der Waals surface area contributed by atoms with Gasteiger partial charge in [-0.05, 0) is 66.3 Å². The van der Waals surface area contributed by atoms with Gasteiger partial charge in [-0.2, -0.15) is 5.10 Å². The first kappa shape index (κ1) is 25.1. The summed E-state index contributed by atoms with van der Waals surface area (Å²) in [5.74, 6) is -1.81. The zero-order chi connectivity index (χ0) is 26.9. The Balaban J connectivity index is 1.23. The van der Waals surface area contributed by atoms with E-state index in [1.807, 2.05) is 22.1 Å². The van der Waals surface area contributed by atoms with E-state index in [4.69, 9.17) is 9.84 Å². The van der Waals surface area contributed by atoms with Gasteiger partial charge in [-0.15, -0.1) is 11.3 Å². The number of ether oxygens (including phenoxy) is 1. The van der Waals surface area contributed by atoms with Crippen LogP contribution in [-0.2, 0) is 20.7 Å². The fourth-order valence-corrected chi connectivity index (χ4v) is 5.95. The lowest BCUT2D eigenvalue weighted by atomic mass is 9.77. The number of benzene rings is 2. The number of aromatic nitrogens is 2. The van der Waals surface area contributed by atoms with Crippen LogP contribution < -0.4 is 0 Å². The third-order valence-corrected chi connectivity index (χ3v) is 7.78. The van der Waals surface area contributed by atoms with Crippen molar-refractivity contribution in [2.75, 3.05) is 6.61 Å². The molecule has 1 aliphatic carbocycles. The van der Waals surface area contributed by atoms with E-state index in [-0.39, 0.29) is 24.0 Å². The predicted molar refractivity (Wildman–Crippen MR) is 143 cm³/mol. The first-order valence-electron chi connectivity index (χ1n) is 12.6. The van der Waals surface area contributed by atoms with Crippen molar-refractivity contribution < 1.29 is 23.1 Å². The van der Waals surface area contributed by atoms with E-state index in [9.17, 15) is 18.4 Å². The number of allylic oxidation sites excluding steroid dienone is 1. The third-order valence-electron chi connectivity index (χ3n) is 7.00. The molecule has 7 nitrogen and oxygen atoms in total. The zero-order valence-electron chi connectivity index (χ0n) is 20.8. The highest BCUT2D eigenvalue weighted by molar-refractivity contribution is 7.15. The van der Waals surface area contributed by atoms with Crippen LogP contribution in [0.15, 0.2) is 77.0 Å². The quantitative estimate of drug-likeness (QED) is 0.296. The summed E-state index contributed by atoms with van der Waals surface area (Å²) in [6.07, 6.45) is 7.97. The number of fused-ring (bicyclic) bond motifs is 2. The predicted octanol–water partition coefficient (Wildman–Crippen LogP) is 5.58. The Kier molecular flexibility index (Phi) is 6.78. The number of hydrazone groups is 1. The van der Waals surface area contributed by atoms with Crippen LogP contribution in [0.4, 0.5) is 8.78 Å². The van der Waals surface area contributed by atoms with Crippen LogP contribution >= 0.6 is 11.3 Å². The molecule has 2 aromatic carbocycles. The molecule has 1 aliphatic heterocycles. The molecule has 2 aliphatic rings. The van der Waals surface area contributed by atoms with Crippen LogP contribution in [0, 0.1) is 17.6 Å². The number of rotatable bonds is 6. The van der Waals surface area contributed by atoms with E-state index >= 15 is 0 Å². The van der Waals surface area contributed by atoms with Crippen molar-refractivity contribution in [3.63, 3.8) is 0 Å². The lowest BCUT2D eigenvalue weighted by Crippen LogP contribution is -2.34. The molecule has 0 N–H and O–H groups in total. The van der Waals surface area contributed by atoms with Gasteiger partial charge in [0.1, 0.15) is 11.6 Å². The number of esters is 1. The highest BCUT2D eigenvalue weighted by Crippen LogP contribution is 2.44. The fourth-order valence-electron chi connectivity index (χ4n) is 5.23. The molecule has 0 radical (unpaired) electrons. The smallest absolute Gasteiger partial charge is 0.312 e. The Morgan fingerprint density at radius 1 is 1.08 bits per heavy atom. The maximum atomic E-state index is 13.7. The number of thiazole rings is 1. The summed E-state index contributed by atoms with van der Waals surface area (Å²) in [6.45, 7) is -0.473. The van der Waals surface area contributed by atoms with Gasteiger partial charge < -0.3 is 4.74 Å². The van der Waals surface area contributed by atoms with E-state index < -0.39 is 24.5 Å². The van der Waals surface area contributed by atoms with E-state index in [0.29, 0.717) is 5.69 Å². The number of amides is 1. The number of hydrogen-bond acceptors (Lipinski definition) is 6. The van der Waals surface area contributed by atoms with Crippen LogP contribution in [0.3, 0.4) is 0 Å². The Morgan fingerprint density at radius 3 is 2.56 bits per heavy atom. The van der Waals surface area contributed by atoms with Gasteiger partial charge in [-0.1, -0.05) is 24.3 Å². The molecule has 39 heavy (non-hydrogen) atoms. The van der Waals surface area contributed by atoms with Crippen molar-refractivity contribution in [1.29, 1.82) is 0 Å². The molecule has 0 saturated heterocycles. The Labute approximate surface area is 227 Å². The molecule has 1 amide bonds. The van der Waals surface area contributed by atoms with Crippen LogP contribution in [0.1, 0.15) is 42.1 Å². The Morgan fingerprint density at radius 2 is 1.82 bits per heavy atom.